The molecule has 6 nitrogen and oxygen atoms in total. The van der Waals surface area contributed by atoms with Gasteiger partial charge in [0.25, 0.3) is 12.3 Å². The van der Waals surface area contributed by atoms with Gasteiger partial charge in [-0.2, -0.15) is 0 Å². The summed E-state index contributed by atoms with van der Waals surface area (Å²) in [4.78, 5) is 37.3. The molecule has 0 N–H and O–H groups in total. The number of carbonyl (C=O) groups excluding carboxylic acids is 3. The molecule has 0 radical (unpaired) electrons. The number of ether oxygens (including phenoxy) is 1. The maximum atomic E-state index is 11.2. The Hall–Kier alpha value is -1.43. The van der Waals surface area contributed by atoms with Crippen molar-refractivity contribution in [2.24, 2.45) is 0 Å². The molecule has 2 amide bonds. The number of hydrogen-bond donors (Lipinski definition) is 0. The van der Waals surface area contributed by atoms with Gasteiger partial charge in [-0.05, 0) is 12.8 Å². The normalized spacial score (nSPS) is 9.62. The lowest BCUT2D eigenvalue weighted by Gasteiger charge is -2.13. The first kappa shape index (κ1) is 14.6. The van der Waals surface area contributed by atoms with E-state index in [4.69, 9.17) is 4.74 Å². The molecule has 0 aromatic rings. The average Bonchev–Trinajstić information content (AvgIpc) is 2.26. The highest BCUT2D eigenvalue weighted by Crippen LogP contribution is 1.97. The Morgan fingerprint density at radius 2 is 1.94 bits per heavy atom. The molecule has 0 aliphatic heterocycles. The SMILES string of the molecule is CCCOCC(=O)ON(C=O)C(=O)CCC. The van der Waals surface area contributed by atoms with Gasteiger partial charge in [0.2, 0.25) is 0 Å². The van der Waals surface area contributed by atoms with Crippen LogP contribution >= 0.6 is 0 Å². The van der Waals surface area contributed by atoms with Crippen LogP contribution in [0.5, 0.6) is 0 Å². The van der Waals surface area contributed by atoms with E-state index in [0.29, 0.717) is 18.1 Å². The molecule has 16 heavy (non-hydrogen) atoms. The minimum atomic E-state index is -0.759. The lowest BCUT2D eigenvalue weighted by Crippen LogP contribution is -2.33. The molecule has 0 aliphatic rings. The summed E-state index contributed by atoms with van der Waals surface area (Å²) in [5.74, 6) is -1.30. The fourth-order valence-corrected chi connectivity index (χ4v) is 0.891. The van der Waals surface area contributed by atoms with Crippen molar-refractivity contribution in [1.82, 2.24) is 5.06 Å². The highest BCUT2D eigenvalue weighted by atomic mass is 16.7. The van der Waals surface area contributed by atoms with E-state index >= 15 is 0 Å². The number of rotatable bonds is 7. The lowest BCUT2D eigenvalue weighted by molar-refractivity contribution is -0.199. The Labute approximate surface area is 94.4 Å². The molecule has 6 heteroatoms. The quantitative estimate of drug-likeness (QED) is 0.365. The van der Waals surface area contributed by atoms with Gasteiger partial charge >= 0.3 is 5.97 Å². The third-order valence-corrected chi connectivity index (χ3v) is 1.57. The van der Waals surface area contributed by atoms with Gasteiger partial charge in [0.15, 0.2) is 0 Å². The fraction of sp³-hybridized carbons (Fsp3) is 0.700. The van der Waals surface area contributed by atoms with Crippen molar-refractivity contribution in [3.63, 3.8) is 0 Å². The number of nitrogens with zero attached hydrogens (tertiary/aromatic N) is 1. The second kappa shape index (κ2) is 8.84. The van der Waals surface area contributed by atoms with E-state index in [-0.39, 0.29) is 19.4 Å². The molecule has 0 saturated carbocycles. The maximum Gasteiger partial charge on any atom is 0.358 e. The number of amides is 2. The minimum Gasteiger partial charge on any atom is -0.370 e. The van der Waals surface area contributed by atoms with Crippen LogP contribution in [0.25, 0.3) is 0 Å². The van der Waals surface area contributed by atoms with Crippen molar-refractivity contribution in [1.29, 1.82) is 0 Å². The molecule has 0 unspecified atom stereocenters. The predicted octanol–water partition coefficient (Wildman–Crippen LogP) is 0.656. The second-order valence-electron chi connectivity index (χ2n) is 3.09. The standard InChI is InChI=1S/C10H17NO5/c1-3-5-9(13)11(8-12)16-10(14)7-15-6-4-2/h8H,3-7H2,1-2H3. The molecule has 0 aromatic heterocycles. The first-order valence-electron chi connectivity index (χ1n) is 5.21. The highest BCUT2D eigenvalue weighted by molar-refractivity contribution is 5.86. The highest BCUT2D eigenvalue weighted by Gasteiger charge is 2.16. The Balaban J connectivity index is 3.96. The van der Waals surface area contributed by atoms with Crippen LogP contribution in [0.4, 0.5) is 0 Å². The topological polar surface area (TPSA) is 72.9 Å². The van der Waals surface area contributed by atoms with E-state index in [0.717, 1.165) is 6.42 Å². The summed E-state index contributed by atoms with van der Waals surface area (Å²) in [6, 6.07) is 0. The van der Waals surface area contributed by atoms with Crippen molar-refractivity contribution in [3.05, 3.63) is 0 Å². The zero-order valence-corrected chi connectivity index (χ0v) is 9.60. The van der Waals surface area contributed by atoms with Gasteiger partial charge in [0.1, 0.15) is 6.61 Å². The summed E-state index contributed by atoms with van der Waals surface area (Å²) >= 11 is 0. The number of hydroxylamine groups is 2. The van der Waals surface area contributed by atoms with Gasteiger partial charge in [-0.25, -0.2) is 4.79 Å². The van der Waals surface area contributed by atoms with E-state index in [1.165, 1.54) is 0 Å². The molecular formula is C10H17NO5. The Morgan fingerprint density at radius 1 is 1.25 bits per heavy atom. The van der Waals surface area contributed by atoms with Crippen molar-refractivity contribution < 1.29 is 24.0 Å². The van der Waals surface area contributed by atoms with E-state index in [9.17, 15) is 14.4 Å². The van der Waals surface area contributed by atoms with Crippen molar-refractivity contribution in [2.75, 3.05) is 13.2 Å². The summed E-state index contributed by atoms with van der Waals surface area (Å²) in [7, 11) is 0. The van der Waals surface area contributed by atoms with E-state index in [1.54, 1.807) is 6.92 Å². The monoisotopic (exact) mass is 231 g/mol. The molecule has 0 saturated heterocycles. The first-order valence-corrected chi connectivity index (χ1v) is 5.21. The van der Waals surface area contributed by atoms with Crippen LogP contribution in [0.2, 0.25) is 0 Å². The number of hydrogen-bond acceptors (Lipinski definition) is 5. The summed E-state index contributed by atoms with van der Waals surface area (Å²) in [5.41, 5.74) is 0. The van der Waals surface area contributed by atoms with E-state index in [2.05, 4.69) is 4.84 Å². The molecule has 0 aromatic carbocycles. The molecule has 0 fully saturated rings. The van der Waals surface area contributed by atoms with Gasteiger partial charge in [0.05, 0.1) is 0 Å². The van der Waals surface area contributed by atoms with Gasteiger partial charge in [0, 0.05) is 13.0 Å². The minimum absolute atomic E-state index is 0.155. The van der Waals surface area contributed by atoms with Gasteiger partial charge in [-0.15, -0.1) is 5.06 Å². The molecule has 0 spiro atoms. The van der Waals surface area contributed by atoms with E-state index < -0.39 is 11.9 Å². The van der Waals surface area contributed by atoms with Crippen LogP contribution in [-0.2, 0) is 24.0 Å². The fourth-order valence-electron chi connectivity index (χ4n) is 0.891. The van der Waals surface area contributed by atoms with Gasteiger partial charge < -0.3 is 9.57 Å². The molecule has 0 rings (SSSR count). The van der Waals surface area contributed by atoms with Crippen molar-refractivity contribution >= 4 is 18.3 Å². The predicted molar refractivity (Wildman–Crippen MR) is 55.0 cm³/mol. The Kier molecular flexibility index (Phi) is 8.05. The summed E-state index contributed by atoms with van der Waals surface area (Å²) in [5, 5.41) is 0.404. The molecule has 0 bridgehead atoms. The van der Waals surface area contributed by atoms with E-state index in [1.807, 2.05) is 6.92 Å². The summed E-state index contributed by atoms with van der Waals surface area (Å²) in [6.45, 7) is 3.84. The smallest absolute Gasteiger partial charge is 0.358 e. The second-order valence-corrected chi connectivity index (χ2v) is 3.09. The van der Waals surface area contributed by atoms with Crippen molar-refractivity contribution in [2.45, 2.75) is 33.1 Å². The molecule has 0 atom stereocenters. The third-order valence-electron chi connectivity index (χ3n) is 1.57. The third kappa shape index (κ3) is 6.13. The molecular weight excluding hydrogens is 214 g/mol. The Morgan fingerprint density at radius 3 is 2.44 bits per heavy atom. The summed E-state index contributed by atoms with van der Waals surface area (Å²) in [6.07, 6.45) is 1.68. The van der Waals surface area contributed by atoms with Crippen LogP contribution in [0.1, 0.15) is 33.1 Å². The van der Waals surface area contributed by atoms with Crippen LogP contribution in [-0.4, -0.2) is 36.6 Å². The zero-order valence-electron chi connectivity index (χ0n) is 9.60. The van der Waals surface area contributed by atoms with Crippen molar-refractivity contribution in [3.8, 4) is 0 Å². The molecule has 0 heterocycles. The largest absolute Gasteiger partial charge is 0.370 e. The number of carbonyl (C=O) groups is 3. The zero-order chi connectivity index (χ0) is 12.4. The van der Waals surface area contributed by atoms with Crippen LogP contribution in [0.3, 0.4) is 0 Å². The lowest BCUT2D eigenvalue weighted by atomic mass is 10.3. The van der Waals surface area contributed by atoms with Gasteiger partial charge in [-0.3, -0.25) is 9.59 Å². The van der Waals surface area contributed by atoms with Crippen LogP contribution < -0.4 is 0 Å². The first-order chi connectivity index (χ1) is 7.65. The maximum absolute atomic E-state index is 11.2. The van der Waals surface area contributed by atoms with Gasteiger partial charge in [-0.1, -0.05) is 13.8 Å². The summed E-state index contributed by atoms with van der Waals surface area (Å²) < 4.78 is 4.90. The average molecular weight is 231 g/mol. The van der Waals surface area contributed by atoms with Crippen LogP contribution in [0, 0.1) is 0 Å². The number of imide groups is 1. The Bertz CT molecular complexity index is 241. The molecule has 0 aliphatic carbocycles. The van der Waals surface area contributed by atoms with Crippen LogP contribution in [0.15, 0.2) is 0 Å². The molecule has 92 valence electrons.